The molecule has 5 aliphatic heterocycles. The number of imide groups is 1. The Labute approximate surface area is 502 Å². The minimum Gasteiger partial charge on any atom is -0.486 e. The van der Waals surface area contributed by atoms with Gasteiger partial charge in [0.1, 0.15) is 12.2 Å². The number of fused-ring (bicyclic) bond motifs is 5. The molecular weight excluding hydrogens is 1190 g/mol. The first-order valence-electron chi connectivity index (χ1n) is 25.9. The number of nitrogens with one attached hydrogen (secondary N) is 1. The van der Waals surface area contributed by atoms with Gasteiger partial charge in [0.2, 0.25) is 21.1 Å². The lowest BCUT2D eigenvalue weighted by molar-refractivity contribution is -0.120. The molecule has 2 N–H and O–H groups in total. The van der Waals surface area contributed by atoms with Gasteiger partial charge in [0, 0.05) is 17.9 Å². The second kappa shape index (κ2) is 23.2. The van der Waals surface area contributed by atoms with Crippen LogP contribution in [0.4, 0.5) is 4.79 Å². The highest BCUT2D eigenvalue weighted by Crippen LogP contribution is 2.57. The number of esters is 4. The second-order valence-corrected chi connectivity index (χ2v) is 24.3. The predicted octanol–water partition coefficient (Wildman–Crippen LogP) is 9.42. The van der Waals surface area contributed by atoms with Crippen LogP contribution in [-0.4, -0.2) is 85.0 Å². The zero-order valence-electron chi connectivity index (χ0n) is 44.0. The monoisotopic (exact) mass is 1220 g/mol. The quantitative estimate of drug-likeness (QED) is 0.0499. The number of allylic oxidation sites excluding steroid dienone is 3. The van der Waals surface area contributed by atoms with Gasteiger partial charge in [0.25, 0.3) is 11.1 Å². The van der Waals surface area contributed by atoms with Crippen LogP contribution in [0.1, 0.15) is 106 Å². The third-order valence-electron chi connectivity index (χ3n) is 14.1. The molecule has 6 aromatic rings. The van der Waals surface area contributed by atoms with Gasteiger partial charge in [-0.05, 0) is 171 Å². The number of aliphatic hydroxyl groups is 1. The fourth-order valence-electron chi connectivity index (χ4n) is 9.97. The van der Waals surface area contributed by atoms with Crippen LogP contribution in [0, 0.1) is 0 Å². The van der Waals surface area contributed by atoms with Crippen molar-refractivity contribution in [2.75, 3.05) is 6.61 Å². The molecule has 6 aliphatic rings. The summed E-state index contributed by atoms with van der Waals surface area (Å²) in [7, 11) is 0. The SMILES string of the molecule is O=C1CC(=O)/C(=C/c2ccc(C(=O)Oc3cc4c(cc3OC(=O)c3ccc(/C=C5\SC(=O)CC5=O)cc3)[C@@H]3c5ccc(OC(=O)c6ccc(/C=C7\SC(=O)CC7=O)cc6)c(OC(=O)c6ccc(/C=C7\SC(=O)NC7=O)cc6)c5OC[C@]3(O)C4)cc2)S1. The first-order valence-corrected chi connectivity index (χ1v) is 29.2. The van der Waals surface area contributed by atoms with Gasteiger partial charge in [-0.25, -0.2) is 19.2 Å². The number of carbonyl (C=O) groups excluding carboxylic acids is 12. The van der Waals surface area contributed by atoms with Gasteiger partial charge in [-0.15, -0.1) is 0 Å². The van der Waals surface area contributed by atoms with Crippen molar-refractivity contribution in [2.24, 2.45) is 0 Å². The number of carbonyl (C=O) groups is 12. The lowest BCUT2D eigenvalue weighted by Gasteiger charge is -2.37. The minimum atomic E-state index is -1.75. The molecule has 0 spiro atoms. The lowest BCUT2D eigenvalue weighted by atomic mass is 9.80. The highest BCUT2D eigenvalue weighted by molar-refractivity contribution is 8.19. The normalized spacial score (nSPS) is 20.5. The first kappa shape index (κ1) is 56.9. The number of hydrogen-bond acceptors (Lipinski definition) is 22. The highest BCUT2D eigenvalue weighted by atomic mass is 32.2. The van der Waals surface area contributed by atoms with Crippen molar-refractivity contribution < 1.29 is 86.3 Å². The maximum Gasteiger partial charge on any atom is 0.343 e. The van der Waals surface area contributed by atoms with Crippen LogP contribution in [0.3, 0.4) is 0 Å². The summed E-state index contributed by atoms with van der Waals surface area (Å²) in [5.41, 5.74) is 1.43. The van der Waals surface area contributed by atoms with Crippen molar-refractivity contribution in [3.05, 3.63) is 202 Å². The zero-order chi connectivity index (χ0) is 60.1. The van der Waals surface area contributed by atoms with E-state index in [0.717, 1.165) is 35.3 Å². The molecule has 6 aromatic carbocycles. The molecule has 0 saturated carbocycles. The smallest absolute Gasteiger partial charge is 0.343 e. The van der Waals surface area contributed by atoms with Gasteiger partial charge < -0.3 is 28.8 Å². The Bertz CT molecular complexity index is 4220. The Kier molecular flexibility index (Phi) is 15.3. The van der Waals surface area contributed by atoms with E-state index in [9.17, 15) is 62.6 Å². The third-order valence-corrected chi connectivity index (χ3v) is 17.7. The maximum absolute atomic E-state index is 14.2. The molecular formula is C63H37NO18S4. The van der Waals surface area contributed by atoms with Crippen molar-refractivity contribution in [2.45, 2.75) is 37.2 Å². The van der Waals surface area contributed by atoms with Gasteiger partial charge in [-0.2, -0.15) is 0 Å². The first-order chi connectivity index (χ1) is 41.3. The van der Waals surface area contributed by atoms with Crippen LogP contribution in [0.15, 0.2) is 141 Å². The topological polar surface area (TPSA) is 283 Å². The Morgan fingerprint density at radius 3 is 1.27 bits per heavy atom. The third kappa shape index (κ3) is 11.8. The number of rotatable bonds is 12. The fourth-order valence-corrected chi connectivity index (χ4v) is 13.1. The van der Waals surface area contributed by atoms with E-state index >= 15 is 0 Å². The summed E-state index contributed by atoms with van der Waals surface area (Å²) in [6.07, 6.45) is 5.30. The lowest BCUT2D eigenvalue weighted by Crippen LogP contribution is -2.44. The molecule has 0 unspecified atom stereocenters. The number of ether oxygens (including phenoxy) is 5. The maximum atomic E-state index is 14.2. The molecule has 12 rings (SSSR count). The molecule has 19 nitrogen and oxygen atoms in total. The van der Waals surface area contributed by atoms with Gasteiger partial charge in [-0.1, -0.05) is 54.6 Å². The molecule has 5 heterocycles. The Balaban J connectivity index is 0.888. The van der Waals surface area contributed by atoms with Crippen molar-refractivity contribution >= 4 is 139 Å². The number of ketones is 3. The van der Waals surface area contributed by atoms with Crippen LogP contribution in [0.5, 0.6) is 28.7 Å². The van der Waals surface area contributed by atoms with Crippen LogP contribution in [0.2, 0.25) is 0 Å². The van der Waals surface area contributed by atoms with E-state index in [2.05, 4.69) is 5.32 Å². The molecule has 0 radical (unpaired) electrons. The summed E-state index contributed by atoms with van der Waals surface area (Å²) in [5.74, 6) is -7.51. The van der Waals surface area contributed by atoms with E-state index in [4.69, 9.17) is 23.7 Å². The number of thioether (sulfide) groups is 4. The minimum absolute atomic E-state index is 0.00397. The largest absolute Gasteiger partial charge is 0.486 e. The number of hydrogen-bond donors (Lipinski definition) is 2. The Hall–Kier alpha value is -9.52. The van der Waals surface area contributed by atoms with E-state index in [1.807, 2.05) is 0 Å². The summed E-state index contributed by atoms with van der Waals surface area (Å²) in [5, 5.41) is 13.4. The molecule has 86 heavy (non-hydrogen) atoms. The highest BCUT2D eigenvalue weighted by Gasteiger charge is 2.52. The molecule has 426 valence electrons. The van der Waals surface area contributed by atoms with Crippen LogP contribution in [0.25, 0.3) is 24.3 Å². The van der Waals surface area contributed by atoms with Crippen LogP contribution < -0.4 is 29.0 Å². The summed E-state index contributed by atoms with van der Waals surface area (Å²) in [4.78, 5) is 154. The molecule has 23 heteroatoms. The average Bonchev–Trinajstić information content (AvgIpc) is 1.60. The van der Waals surface area contributed by atoms with Crippen LogP contribution >= 0.6 is 47.0 Å². The van der Waals surface area contributed by atoms with Crippen LogP contribution in [-0.2, 0) is 40.0 Å². The van der Waals surface area contributed by atoms with E-state index < -0.39 is 53.1 Å². The van der Waals surface area contributed by atoms with Gasteiger partial charge in [0.05, 0.1) is 61.1 Å². The molecule has 0 aromatic heterocycles. The van der Waals surface area contributed by atoms with E-state index in [-0.39, 0.29) is 135 Å². The Morgan fingerprint density at radius 2 is 0.872 bits per heavy atom. The van der Waals surface area contributed by atoms with Crippen molar-refractivity contribution in [1.29, 1.82) is 0 Å². The number of Topliss-reactive ketones (excluding diaryl/α,β-unsaturated/α-hetero) is 3. The fraction of sp³-hybridized carbons (Fsp3) is 0.111. The number of benzene rings is 6. The zero-order valence-corrected chi connectivity index (χ0v) is 47.3. The second-order valence-electron chi connectivity index (χ2n) is 20.0. The molecule has 4 saturated heterocycles. The van der Waals surface area contributed by atoms with Gasteiger partial charge >= 0.3 is 23.9 Å². The van der Waals surface area contributed by atoms with Crippen molar-refractivity contribution in [3.8, 4) is 28.7 Å². The van der Waals surface area contributed by atoms with E-state index in [0.29, 0.717) is 45.1 Å². The predicted molar refractivity (Wildman–Crippen MR) is 314 cm³/mol. The summed E-state index contributed by atoms with van der Waals surface area (Å²) >= 11 is 3.21. The summed E-state index contributed by atoms with van der Waals surface area (Å²) in [6, 6.07) is 29.5. The average molecular weight is 1220 g/mol. The molecule has 1 aliphatic carbocycles. The molecule has 2 atom stereocenters. The number of amides is 2. The Morgan fingerprint density at radius 1 is 0.477 bits per heavy atom. The van der Waals surface area contributed by atoms with Crippen molar-refractivity contribution in [1.82, 2.24) is 5.32 Å². The molecule has 0 bridgehead atoms. The van der Waals surface area contributed by atoms with Crippen molar-refractivity contribution in [3.63, 3.8) is 0 Å². The molecule has 2 amide bonds. The summed E-state index contributed by atoms with van der Waals surface area (Å²) in [6.45, 7) is -0.450. The molecule has 4 fully saturated rings. The van der Waals surface area contributed by atoms with Gasteiger partial charge in [-0.3, -0.25) is 43.7 Å². The van der Waals surface area contributed by atoms with E-state index in [1.165, 1.54) is 109 Å². The van der Waals surface area contributed by atoms with E-state index in [1.54, 1.807) is 36.4 Å². The van der Waals surface area contributed by atoms with Gasteiger partial charge in [0.15, 0.2) is 40.3 Å². The summed E-state index contributed by atoms with van der Waals surface area (Å²) < 4.78 is 30.3. The standard InChI is InChI=1S/C63H37NO18S4/c65-41-25-51(68)83-47(41)19-30-1-9-34(10-2-30)58(72)79-44-18-17-39-54-40-24-46(81-60(74)36-13-5-32(6-14-36)21-49-43(67)27-53(70)85-49)45(80-59(73)35-11-3-31(4-12-35)20-48-42(66)26-52(69)84-48)23-38(40)28-63(54,77)29-78-55(39)56(44)82-61(75)37-15-7-33(8-16-37)22-50-57(71)64-62(76)86-50/h1-24,54,77H,25-29H2,(H,64,71,76)/b47-19-,48-20-,49-21-,50-22-/t54-,63+/m0/s1.